The first kappa shape index (κ1) is 27.5. The van der Waals surface area contributed by atoms with Gasteiger partial charge in [-0.15, -0.1) is 0 Å². The van der Waals surface area contributed by atoms with Crippen LogP contribution < -0.4 is 0 Å². The average Bonchev–Trinajstić information content (AvgIpc) is 3.57. The van der Waals surface area contributed by atoms with Crippen LogP contribution in [0.4, 0.5) is 0 Å². The highest BCUT2D eigenvalue weighted by atomic mass is 16.3. The van der Waals surface area contributed by atoms with Gasteiger partial charge in [-0.2, -0.15) is 0 Å². The summed E-state index contributed by atoms with van der Waals surface area (Å²) < 4.78 is 6.51. The van der Waals surface area contributed by atoms with Crippen LogP contribution in [0.3, 0.4) is 0 Å². The van der Waals surface area contributed by atoms with E-state index in [1.165, 1.54) is 32.3 Å². The maximum atomic E-state index is 6.51. The molecule has 0 radical (unpaired) electrons. The molecule has 8 aromatic carbocycles. The van der Waals surface area contributed by atoms with Gasteiger partial charge in [0.15, 0.2) is 17.5 Å². The van der Waals surface area contributed by atoms with Gasteiger partial charge in [0, 0.05) is 27.5 Å². The van der Waals surface area contributed by atoms with Crippen LogP contribution in [0.1, 0.15) is 0 Å². The number of fused-ring (bicyclic) bond motifs is 7. The number of hydrogen-bond acceptors (Lipinski definition) is 4. The monoisotopic (exact) mass is 625 g/mol. The van der Waals surface area contributed by atoms with Gasteiger partial charge in [-0.3, -0.25) is 0 Å². The van der Waals surface area contributed by atoms with Crippen molar-refractivity contribution >= 4 is 54.3 Å². The first-order chi connectivity index (χ1) is 24.3. The van der Waals surface area contributed by atoms with Crippen LogP contribution in [-0.4, -0.2) is 15.0 Å². The zero-order valence-electron chi connectivity index (χ0n) is 26.3. The van der Waals surface area contributed by atoms with Crippen LogP contribution in [0.2, 0.25) is 0 Å². The zero-order valence-corrected chi connectivity index (χ0v) is 26.3. The summed E-state index contributed by atoms with van der Waals surface area (Å²) in [6.45, 7) is 0. The van der Waals surface area contributed by atoms with E-state index in [-0.39, 0.29) is 0 Å². The number of nitrogens with zero attached hydrogens (tertiary/aromatic N) is 3. The van der Waals surface area contributed by atoms with Gasteiger partial charge in [0.05, 0.1) is 0 Å². The first-order valence-electron chi connectivity index (χ1n) is 16.4. The van der Waals surface area contributed by atoms with E-state index in [1.807, 2.05) is 48.5 Å². The third kappa shape index (κ3) is 4.57. The van der Waals surface area contributed by atoms with E-state index in [1.54, 1.807) is 0 Å². The van der Waals surface area contributed by atoms with Crippen LogP contribution in [0.25, 0.3) is 99.5 Å². The lowest BCUT2D eigenvalue weighted by atomic mass is 9.95. The molecule has 0 bridgehead atoms. The minimum Gasteiger partial charge on any atom is -0.456 e. The molecule has 4 heteroatoms. The lowest BCUT2D eigenvalue weighted by Gasteiger charge is -2.11. The summed E-state index contributed by atoms with van der Waals surface area (Å²) in [5, 5.41) is 9.19. The Morgan fingerprint density at radius 1 is 0.327 bits per heavy atom. The maximum Gasteiger partial charge on any atom is 0.164 e. The van der Waals surface area contributed by atoms with Crippen molar-refractivity contribution in [3.63, 3.8) is 0 Å². The molecule has 0 amide bonds. The highest BCUT2D eigenvalue weighted by Crippen LogP contribution is 2.42. The van der Waals surface area contributed by atoms with Gasteiger partial charge in [-0.1, -0.05) is 140 Å². The molecular weight excluding hydrogens is 599 g/mol. The second-order valence-corrected chi connectivity index (χ2v) is 12.4. The largest absolute Gasteiger partial charge is 0.456 e. The lowest BCUT2D eigenvalue weighted by Crippen LogP contribution is -2.00. The standard InChI is InChI=1S/C45H27N3O/c1-2-12-31(13-3-1)43-46-44(34-25-23-30-22-21-29-11-6-7-15-35(29)38(30)27-34)48-45(47-43)37-17-9-19-40-42(37)41-36(16-8-18-39(41)49-40)33-24-20-28-10-4-5-14-32(28)26-33/h1-27H. The van der Waals surface area contributed by atoms with Crippen molar-refractivity contribution in [2.75, 3.05) is 0 Å². The van der Waals surface area contributed by atoms with Crippen molar-refractivity contribution in [3.05, 3.63) is 164 Å². The van der Waals surface area contributed by atoms with Gasteiger partial charge in [0.1, 0.15) is 11.2 Å². The van der Waals surface area contributed by atoms with E-state index < -0.39 is 0 Å². The molecular formula is C45H27N3O. The van der Waals surface area contributed by atoms with Gasteiger partial charge in [0.25, 0.3) is 0 Å². The average molecular weight is 626 g/mol. The summed E-state index contributed by atoms with van der Waals surface area (Å²) in [7, 11) is 0. The summed E-state index contributed by atoms with van der Waals surface area (Å²) in [6, 6.07) is 56.9. The van der Waals surface area contributed by atoms with Crippen molar-refractivity contribution in [2.45, 2.75) is 0 Å². The molecule has 0 N–H and O–H groups in total. The molecule has 228 valence electrons. The van der Waals surface area contributed by atoms with Crippen molar-refractivity contribution in [1.29, 1.82) is 0 Å². The molecule has 0 saturated heterocycles. The Labute approximate surface area is 282 Å². The minimum atomic E-state index is 0.600. The highest BCUT2D eigenvalue weighted by Gasteiger charge is 2.20. The molecule has 0 fully saturated rings. The fourth-order valence-corrected chi connectivity index (χ4v) is 7.13. The summed E-state index contributed by atoms with van der Waals surface area (Å²) in [4.78, 5) is 15.4. The fraction of sp³-hybridized carbons (Fsp3) is 0. The summed E-state index contributed by atoms with van der Waals surface area (Å²) >= 11 is 0. The molecule has 4 nitrogen and oxygen atoms in total. The van der Waals surface area contributed by atoms with E-state index in [0.29, 0.717) is 17.5 Å². The van der Waals surface area contributed by atoms with Crippen LogP contribution in [0.15, 0.2) is 168 Å². The van der Waals surface area contributed by atoms with E-state index in [0.717, 1.165) is 49.8 Å². The Hall–Kier alpha value is -6.65. The van der Waals surface area contributed by atoms with Crippen molar-refractivity contribution in [2.24, 2.45) is 0 Å². The molecule has 49 heavy (non-hydrogen) atoms. The summed E-state index contributed by atoms with van der Waals surface area (Å²) in [5.41, 5.74) is 6.62. The first-order valence-corrected chi connectivity index (χ1v) is 16.4. The van der Waals surface area contributed by atoms with Crippen molar-refractivity contribution in [1.82, 2.24) is 15.0 Å². The maximum absolute atomic E-state index is 6.51. The minimum absolute atomic E-state index is 0.600. The van der Waals surface area contributed by atoms with E-state index in [9.17, 15) is 0 Å². The molecule has 10 rings (SSSR count). The third-order valence-corrected chi connectivity index (χ3v) is 9.50. The lowest BCUT2D eigenvalue weighted by molar-refractivity contribution is 0.669. The number of benzene rings is 8. The second-order valence-electron chi connectivity index (χ2n) is 12.4. The van der Waals surface area contributed by atoms with Crippen LogP contribution in [0.5, 0.6) is 0 Å². The molecule has 0 atom stereocenters. The SMILES string of the molecule is c1ccc(-c2nc(-c3ccc4ccc5ccccc5c4c3)nc(-c3cccc4oc5cccc(-c6ccc7ccccc7c6)c5c34)n2)cc1. The number of rotatable bonds is 4. The number of aromatic nitrogens is 3. The Bertz CT molecular complexity index is 2890. The van der Waals surface area contributed by atoms with E-state index in [4.69, 9.17) is 19.4 Å². The third-order valence-electron chi connectivity index (χ3n) is 9.50. The van der Waals surface area contributed by atoms with Crippen LogP contribution >= 0.6 is 0 Å². The Balaban J connectivity index is 1.23. The molecule has 0 unspecified atom stereocenters. The quantitative estimate of drug-likeness (QED) is 0.183. The summed E-state index contributed by atoms with van der Waals surface area (Å²) in [5.74, 6) is 1.85. The van der Waals surface area contributed by atoms with Crippen LogP contribution in [0, 0.1) is 0 Å². The predicted molar refractivity (Wildman–Crippen MR) is 201 cm³/mol. The van der Waals surface area contributed by atoms with Crippen molar-refractivity contribution < 1.29 is 4.42 Å². The number of hydrogen-bond donors (Lipinski definition) is 0. The van der Waals surface area contributed by atoms with Gasteiger partial charge in [-0.25, -0.2) is 15.0 Å². The van der Waals surface area contributed by atoms with Gasteiger partial charge < -0.3 is 4.42 Å². The molecule has 0 aliphatic rings. The Morgan fingerprint density at radius 2 is 0.898 bits per heavy atom. The van der Waals surface area contributed by atoms with E-state index >= 15 is 0 Å². The Morgan fingerprint density at radius 3 is 1.71 bits per heavy atom. The fourth-order valence-electron chi connectivity index (χ4n) is 7.13. The van der Waals surface area contributed by atoms with Gasteiger partial charge in [0.2, 0.25) is 0 Å². The highest BCUT2D eigenvalue weighted by molar-refractivity contribution is 6.18. The molecule has 10 aromatic rings. The zero-order chi connectivity index (χ0) is 32.3. The molecule has 0 aliphatic heterocycles. The topological polar surface area (TPSA) is 51.8 Å². The van der Waals surface area contributed by atoms with E-state index in [2.05, 4.69) is 115 Å². The van der Waals surface area contributed by atoms with Crippen LogP contribution in [-0.2, 0) is 0 Å². The predicted octanol–water partition coefficient (Wildman–Crippen LogP) is 11.9. The number of furan rings is 1. The van der Waals surface area contributed by atoms with Gasteiger partial charge in [-0.05, 0) is 67.7 Å². The molecule has 2 heterocycles. The molecule has 0 saturated carbocycles. The second kappa shape index (κ2) is 11.0. The van der Waals surface area contributed by atoms with Gasteiger partial charge >= 0.3 is 0 Å². The molecule has 0 spiro atoms. The smallest absolute Gasteiger partial charge is 0.164 e. The molecule has 0 aliphatic carbocycles. The summed E-state index contributed by atoms with van der Waals surface area (Å²) in [6.07, 6.45) is 0. The van der Waals surface area contributed by atoms with Crippen molar-refractivity contribution in [3.8, 4) is 45.3 Å². The normalized spacial score (nSPS) is 11.7. The Kier molecular flexibility index (Phi) is 6.15. The molecule has 2 aromatic heterocycles.